The average molecular weight is 349 g/mol. The van der Waals surface area contributed by atoms with Gasteiger partial charge in [0, 0.05) is 10.0 Å². The van der Waals surface area contributed by atoms with Crippen LogP contribution in [0.4, 0.5) is 0 Å². The Balaban J connectivity index is 1.67. The maximum Gasteiger partial charge on any atom is 0.317 e. The molecule has 6 nitrogen and oxygen atoms in total. The van der Waals surface area contributed by atoms with Crippen LogP contribution in [0.15, 0.2) is 54.7 Å². The van der Waals surface area contributed by atoms with Gasteiger partial charge in [0.05, 0.1) is 0 Å². The normalized spacial score (nSPS) is 10.3. The van der Waals surface area contributed by atoms with Crippen LogP contribution in [-0.4, -0.2) is 21.0 Å². The second-order valence-electron chi connectivity index (χ2n) is 4.42. The standard InChI is InChI=1S/C15H10Cl2N4O2/c16-10-1-5-12(6-2-10)22-14-9-21(20-19-14)15(18)23-13-7-3-11(17)4-8-13/h1-9,18H. The maximum atomic E-state index is 7.87. The van der Waals surface area contributed by atoms with Crippen LogP contribution in [0.2, 0.25) is 10.0 Å². The SMILES string of the molecule is N=C(Oc1ccc(Cl)cc1)n1cc(Oc2ccc(Cl)cc2)nn1. The van der Waals surface area contributed by atoms with Gasteiger partial charge in [0.25, 0.3) is 5.88 Å². The van der Waals surface area contributed by atoms with Gasteiger partial charge in [0.2, 0.25) is 0 Å². The van der Waals surface area contributed by atoms with Crippen LogP contribution in [0.1, 0.15) is 0 Å². The Kier molecular flexibility index (Phi) is 4.45. The Morgan fingerprint density at radius 2 is 1.48 bits per heavy atom. The number of ether oxygens (including phenoxy) is 2. The zero-order valence-corrected chi connectivity index (χ0v) is 13.1. The van der Waals surface area contributed by atoms with Crippen molar-refractivity contribution in [2.75, 3.05) is 0 Å². The summed E-state index contributed by atoms with van der Waals surface area (Å²) in [6, 6.07) is 13.2. The van der Waals surface area contributed by atoms with E-state index in [4.69, 9.17) is 38.1 Å². The molecule has 3 rings (SSSR count). The summed E-state index contributed by atoms with van der Waals surface area (Å²) in [5, 5.41) is 16.7. The van der Waals surface area contributed by atoms with E-state index in [0.717, 1.165) is 4.68 Å². The number of benzene rings is 2. The molecular formula is C15H10Cl2N4O2. The molecule has 1 heterocycles. The van der Waals surface area contributed by atoms with E-state index >= 15 is 0 Å². The van der Waals surface area contributed by atoms with Crippen LogP contribution in [0.3, 0.4) is 0 Å². The molecule has 1 aromatic heterocycles. The van der Waals surface area contributed by atoms with Crippen LogP contribution >= 0.6 is 23.2 Å². The molecule has 0 aliphatic carbocycles. The van der Waals surface area contributed by atoms with Gasteiger partial charge in [-0.15, -0.1) is 0 Å². The summed E-state index contributed by atoms with van der Waals surface area (Å²) in [6.45, 7) is 0. The zero-order chi connectivity index (χ0) is 16.2. The van der Waals surface area contributed by atoms with Crippen molar-refractivity contribution in [3.05, 3.63) is 64.8 Å². The van der Waals surface area contributed by atoms with E-state index in [9.17, 15) is 0 Å². The fourth-order valence-corrected chi connectivity index (χ4v) is 1.93. The third kappa shape index (κ3) is 4.00. The number of nitrogens with zero attached hydrogens (tertiary/aromatic N) is 3. The van der Waals surface area contributed by atoms with E-state index < -0.39 is 0 Å². The summed E-state index contributed by atoms with van der Waals surface area (Å²) in [6.07, 6.45) is 1.44. The maximum absolute atomic E-state index is 7.87. The molecule has 0 saturated carbocycles. The second kappa shape index (κ2) is 6.68. The molecule has 116 valence electrons. The smallest absolute Gasteiger partial charge is 0.317 e. The van der Waals surface area contributed by atoms with Crippen molar-refractivity contribution in [3.63, 3.8) is 0 Å². The van der Waals surface area contributed by atoms with Crippen LogP contribution in [0.5, 0.6) is 17.4 Å². The van der Waals surface area contributed by atoms with E-state index in [1.54, 1.807) is 48.5 Å². The van der Waals surface area contributed by atoms with Crippen LogP contribution in [0.25, 0.3) is 0 Å². The predicted molar refractivity (Wildman–Crippen MR) is 86.8 cm³/mol. The Morgan fingerprint density at radius 1 is 0.913 bits per heavy atom. The van der Waals surface area contributed by atoms with Gasteiger partial charge in [-0.2, -0.15) is 4.68 Å². The fourth-order valence-electron chi connectivity index (χ4n) is 1.68. The molecule has 0 fully saturated rings. The molecule has 8 heteroatoms. The van der Waals surface area contributed by atoms with Crippen LogP contribution in [0, 0.1) is 5.41 Å². The predicted octanol–water partition coefficient (Wildman–Crippen LogP) is 4.24. The first-order valence-electron chi connectivity index (χ1n) is 6.48. The summed E-state index contributed by atoms with van der Waals surface area (Å²) < 4.78 is 12.0. The Labute approximate surface area is 141 Å². The van der Waals surface area contributed by atoms with E-state index in [2.05, 4.69) is 10.3 Å². The molecule has 0 saturated heterocycles. The monoisotopic (exact) mass is 348 g/mol. The van der Waals surface area contributed by atoms with Crippen molar-refractivity contribution in [1.29, 1.82) is 5.41 Å². The summed E-state index contributed by atoms with van der Waals surface area (Å²) in [5.41, 5.74) is 0. The molecule has 3 aromatic rings. The van der Waals surface area contributed by atoms with Crippen molar-refractivity contribution in [2.45, 2.75) is 0 Å². The number of halogens is 2. The first-order valence-corrected chi connectivity index (χ1v) is 7.24. The third-order valence-corrected chi connectivity index (χ3v) is 3.25. The lowest BCUT2D eigenvalue weighted by Crippen LogP contribution is -2.18. The van der Waals surface area contributed by atoms with Gasteiger partial charge in [-0.05, 0) is 48.5 Å². The minimum Gasteiger partial charge on any atom is -0.436 e. The molecule has 1 N–H and O–H groups in total. The summed E-state index contributed by atoms with van der Waals surface area (Å²) >= 11 is 11.6. The fraction of sp³-hybridized carbons (Fsp3) is 0. The van der Waals surface area contributed by atoms with Gasteiger partial charge in [0.1, 0.15) is 17.7 Å². The molecule has 2 aromatic carbocycles. The molecule has 0 atom stereocenters. The highest BCUT2D eigenvalue weighted by molar-refractivity contribution is 6.30. The Bertz CT molecular complexity index is 816. The minimum absolute atomic E-state index is 0.217. The summed E-state index contributed by atoms with van der Waals surface area (Å²) in [7, 11) is 0. The lowest BCUT2D eigenvalue weighted by Gasteiger charge is -2.05. The van der Waals surface area contributed by atoms with Crippen molar-refractivity contribution in [1.82, 2.24) is 15.0 Å². The van der Waals surface area contributed by atoms with Gasteiger partial charge in [-0.1, -0.05) is 33.5 Å². The highest BCUT2D eigenvalue weighted by Gasteiger charge is 2.09. The highest BCUT2D eigenvalue weighted by atomic mass is 35.5. The van der Waals surface area contributed by atoms with Crippen molar-refractivity contribution in [2.24, 2.45) is 0 Å². The van der Waals surface area contributed by atoms with E-state index in [1.165, 1.54) is 6.20 Å². The lowest BCUT2D eigenvalue weighted by molar-refractivity contribution is 0.461. The molecule has 0 aliphatic heterocycles. The number of hydrogen-bond donors (Lipinski definition) is 1. The van der Waals surface area contributed by atoms with E-state index in [-0.39, 0.29) is 11.9 Å². The van der Waals surface area contributed by atoms with Gasteiger partial charge in [-0.3, -0.25) is 0 Å². The average Bonchev–Trinajstić information content (AvgIpc) is 3.00. The molecule has 0 spiro atoms. The third-order valence-electron chi connectivity index (χ3n) is 2.74. The van der Waals surface area contributed by atoms with Gasteiger partial charge >= 0.3 is 6.02 Å². The number of nitrogens with one attached hydrogen (secondary N) is 1. The molecular weight excluding hydrogens is 339 g/mol. The molecule has 0 unspecified atom stereocenters. The number of aromatic nitrogens is 3. The second-order valence-corrected chi connectivity index (χ2v) is 5.29. The summed E-state index contributed by atoms with van der Waals surface area (Å²) in [5.74, 6) is 1.26. The molecule has 0 aliphatic rings. The lowest BCUT2D eigenvalue weighted by atomic mass is 10.3. The first kappa shape index (κ1) is 15.3. The first-order chi connectivity index (χ1) is 11.1. The zero-order valence-electron chi connectivity index (χ0n) is 11.6. The summed E-state index contributed by atoms with van der Waals surface area (Å²) in [4.78, 5) is 0. The number of hydrogen-bond acceptors (Lipinski definition) is 5. The highest BCUT2D eigenvalue weighted by Crippen LogP contribution is 2.21. The van der Waals surface area contributed by atoms with E-state index in [0.29, 0.717) is 21.5 Å². The molecule has 23 heavy (non-hydrogen) atoms. The molecule has 0 radical (unpaired) electrons. The van der Waals surface area contributed by atoms with Crippen LogP contribution in [-0.2, 0) is 0 Å². The van der Waals surface area contributed by atoms with Gasteiger partial charge in [0.15, 0.2) is 0 Å². The van der Waals surface area contributed by atoms with Crippen molar-refractivity contribution >= 4 is 29.2 Å². The quantitative estimate of drug-likeness (QED) is 0.567. The van der Waals surface area contributed by atoms with Gasteiger partial charge in [-0.25, -0.2) is 5.41 Å². The van der Waals surface area contributed by atoms with Crippen LogP contribution < -0.4 is 9.47 Å². The molecule has 0 bridgehead atoms. The molecule has 0 amide bonds. The minimum atomic E-state index is -0.217. The number of rotatable bonds is 3. The largest absolute Gasteiger partial charge is 0.436 e. The van der Waals surface area contributed by atoms with Gasteiger partial charge < -0.3 is 9.47 Å². The van der Waals surface area contributed by atoms with Crippen molar-refractivity contribution < 1.29 is 9.47 Å². The Morgan fingerprint density at radius 3 is 2.09 bits per heavy atom. The topological polar surface area (TPSA) is 73.0 Å². The van der Waals surface area contributed by atoms with E-state index in [1.807, 2.05) is 0 Å². The van der Waals surface area contributed by atoms with Crippen molar-refractivity contribution in [3.8, 4) is 17.4 Å². The Hall–Kier alpha value is -2.57.